The Morgan fingerprint density at radius 2 is 1.65 bits per heavy atom. The molecular weight excluding hydrogens is 362 g/mol. The predicted octanol–water partition coefficient (Wildman–Crippen LogP) is 5.29. The van der Waals surface area contributed by atoms with Crippen LogP contribution in [0.5, 0.6) is 5.75 Å². The summed E-state index contributed by atoms with van der Waals surface area (Å²) in [5.74, 6) is 2.10. The number of nitrogens with zero attached hydrogens (tertiary/aromatic N) is 1. The van der Waals surface area contributed by atoms with Gasteiger partial charge in [0, 0.05) is 23.3 Å². The van der Waals surface area contributed by atoms with Gasteiger partial charge in [-0.25, -0.2) is 0 Å². The lowest BCUT2D eigenvalue weighted by molar-refractivity contribution is -0.384. The highest BCUT2D eigenvalue weighted by Crippen LogP contribution is 2.36. The van der Waals surface area contributed by atoms with Gasteiger partial charge in [-0.1, -0.05) is 0 Å². The van der Waals surface area contributed by atoms with E-state index < -0.39 is 4.92 Å². The Morgan fingerprint density at radius 3 is 2.22 bits per heavy atom. The van der Waals surface area contributed by atoms with Gasteiger partial charge in [-0.3, -0.25) is 10.1 Å². The lowest BCUT2D eigenvalue weighted by atomic mass is 10.1. The van der Waals surface area contributed by atoms with Crippen molar-refractivity contribution in [2.24, 2.45) is 0 Å². The zero-order valence-corrected chi connectivity index (χ0v) is 13.7. The van der Waals surface area contributed by atoms with Gasteiger partial charge in [0.2, 0.25) is 0 Å². The SMILES string of the molecule is COc1ccc(-c2oc(-c3ccc([N+](=O)[O-])cc3)cc2Br)cc1. The Labute approximate surface area is 140 Å². The van der Waals surface area contributed by atoms with Crippen molar-refractivity contribution in [1.82, 2.24) is 0 Å². The zero-order chi connectivity index (χ0) is 16.4. The summed E-state index contributed by atoms with van der Waals surface area (Å²) in [4.78, 5) is 10.3. The van der Waals surface area contributed by atoms with E-state index in [9.17, 15) is 10.1 Å². The van der Waals surface area contributed by atoms with Gasteiger partial charge in [0.15, 0.2) is 0 Å². The average molecular weight is 374 g/mol. The van der Waals surface area contributed by atoms with E-state index in [1.54, 1.807) is 19.2 Å². The molecule has 23 heavy (non-hydrogen) atoms. The van der Waals surface area contributed by atoms with E-state index in [1.165, 1.54) is 12.1 Å². The Kier molecular flexibility index (Phi) is 4.16. The van der Waals surface area contributed by atoms with Gasteiger partial charge in [-0.2, -0.15) is 0 Å². The quantitative estimate of drug-likeness (QED) is 0.460. The normalized spacial score (nSPS) is 10.5. The number of nitro benzene ring substituents is 1. The molecule has 0 amide bonds. The van der Waals surface area contributed by atoms with Crippen molar-refractivity contribution in [3.05, 3.63) is 69.2 Å². The topological polar surface area (TPSA) is 65.5 Å². The van der Waals surface area contributed by atoms with Crippen LogP contribution in [0.2, 0.25) is 0 Å². The molecule has 0 saturated heterocycles. The Hall–Kier alpha value is -2.60. The predicted molar refractivity (Wildman–Crippen MR) is 90.5 cm³/mol. The van der Waals surface area contributed by atoms with E-state index in [0.29, 0.717) is 11.5 Å². The summed E-state index contributed by atoms with van der Waals surface area (Å²) in [5.41, 5.74) is 1.73. The summed E-state index contributed by atoms with van der Waals surface area (Å²) in [6.07, 6.45) is 0. The summed E-state index contributed by atoms with van der Waals surface area (Å²) < 4.78 is 11.9. The van der Waals surface area contributed by atoms with E-state index in [-0.39, 0.29) is 5.69 Å². The molecule has 116 valence electrons. The fourth-order valence-corrected chi connectivity index (χ4v) is 2.72. The van der Waals surface area contributed by atoms with Crippen LogP contribution in [0.15, 0.2) is 63.5 Å². The number of benzene rings is 2. The number of non-ortho nitro benzene ring substituents is 1. The van der Waals surface area contributed by atoms with Crippen LogP contribution in [0.25, 0.3) is 22.6 Å². The van der Waals surface area contributed by atoms with E-state index in [2.05, 4.69) is 15.9 Å². The number of nitro groups is 1. The van der Waals surface area contributed by atoms with Crippen LogP contribution >= 0.6 is 15.9 Å². The number of hydrogen-bond acceptors (Lipinski definition) is 4. The first-order valence-corrected chi connectivity index (χ1v) is 7.56. The molecule has 0 bridgehead atoms. The Morgan fingerprint density at radius 1 is 1.04 bits per heavy atom. The summed E-state index contributed by atoms with van der Waals surface area (Å²) in [6, 6.07) is 15.6. The first-order chi connectivity index (χ1) is 11.1. The Balaban J connectivity index is 1.95. The smallest absolute Gasteiger partial charge is 0.269 e. The number of rotatable bonds is 4. The highest BCUT2D eigenvalue weighted by molar-refractivity contribution is 9.10. The molecule has 1 aromatic heterocycles. The van der Waals surface area contributed by atoms with Crippen LogP contribution in [0.1, 0.15) is 0 Å². The maximum Gasteiger partial charge on any atom is 0.269 e. The molecule has 3 aromatic rings. The number of furan rings is 1. The summed E-state index contributed by atoms with van der Waals surface area (Å²) in [5, 5.41) is 10.7. The molecule has 0 aliphatic heterocycles. The second kappa shape index (κ2) is 6.26. The van der Waals surface area contributed by atoms with Gasteiger partial charge >= 0.3 is 0 Å². The van der Waals surface area contributed by atoms with Crippen LogP contribution < -0.4 is 4.74 Å². The van der Waals surface area contributed by atoms with Gasteiger partial charge in [0.1, 0.15) is 17.3 Å². The minimum absolute atomic E-state index is 0.0507. The molecule has 0 saturated carbocycles. The van der Waals surface area contributed by atoms with Crippen molar-refractivity contribution in [2.75, 3.05) is 7.11 Å². The monoisotopic (exact) mass is 373 g/mol. The van der Waals surface area contributed by atoms with Gasteiger partial charge in [0.25, 0.3) is 5.69 Å². The molecule has 0 aliphatic carbocycles. The number of hydrogen-bond donors (Lipinski definition) is 0. The number of halogens is 1. The molecule has 0 fully saturated rings. The third kappa shape index (κ3) is 3.12. The maximum atomic E-state index is 10.7. The maximum absolute atomic E-state index is 10.7. The molecule has 0 radical (unpaired) electrons. The molecule has 2 aromatic carbocycles. The van der Waals surface area contributed by atoms with Gasteiger partial charge in [0.05, 0.1) is 16.5 Å². The first kappa shape index (κ1) is 15.3. The molecule has 5 nitrogen and oxygen atoms in total. The van der Waals surface area contributed by atoms with E-state index in [1.807, 2.05) is 30.3 Å². The highest BCUT2D eigenvalue weighted by atomic mass is 79.9. The van der Waals surface area contributed by atoms with Crippen LogP contribution in [-0.2, 0) is 0 Å². The zero-order valence-electron chi connectivity index (χ0n) is 12.2. The van der Waals surface area contributed by atoms with Gasteiger partial charge in [-0.15, -0.1) is 0 Å². The van der Waals surface area contributed by atoms with E-state index in [4.69, 9.17) is 9.15 Å². The molecule has 6 heteroatoms. The van der Waals surface area contributed by atoms with Crippen molar-refractivity contribution < 1.29 is 14.1 Å². The fourth-order valence-electron chi connectivity index (χ4n) is 2.20. The van der Waals surface area contributed by atoms with Crippen molar-refractivity contribution in [3.8, 4) is 28.4 Å². The van der Waals surface area contributed by atoms with Gasteiger partial charge in [-0.05, 0) is 58.4 Å². The molecule has 0 spiro atoms. The summed E-state index contributed by atoms with van der Waals surface area (Å²) in [6.45, 7) is 0. The number of ether oxygens (including phenoxy) is 1. The average Bonchev–Trinajstić information content (AvgIpc) is 2.97. The molecule has 0 atom stereocenters. The molecule has 0 N–H and O–H groups in total. The highest BCUT2D eigenvalue weighted by Gasteiger charge is 2.14. The van der Waals surface area contributed by atoms with Gasteiger partial charge < -0.3 is 9.15 Å². The van der Waals surface area contributed by atoms with Crippen LogP contribution in [0, 0.1) is 10.1 Å². The fraction of sp³-hybridized carbons (Fsp3) is 0.0588. The summed E-state index contributed by atoms with van der Waals surface area (Å²) >= 11 is 3.49. The minimum Gasteiger partial charge on any atom is -0.497 e. The van der Waals surface area contributed by atoms with Crippen molar-refractivity contribution >= 4 is 21.6 Å². The van der Waals surface area contributed by atoms with E-state index >= 15 is 0 Å². The largest absolute Gasteiger partial charge is 0.497 e. The third-order valence-electron chi connectivity index (χ3n) is 3.40. The van der Waals surface area contributed by atoms with Crippen molar-refractivity contribution in [3.63, 3.8) is 0 Å². The Bertz CT molecular complexity index is 838. The molecule has 0 aliphatic rings. The molecular formula is C17H12BrNO4. The van der Waals surface area contributed by atoms with Crippen LogP contribution in [-0.4, -0.2) is 12.0 Å². The van der Waals surface area contributed by atoms with Crippen LogP contribution in [0.3, 0.4) is 0 Å². The van der Waals surface area contributed by atoms with E-state index in [0.717, 1.165) is 21.3 Å². The molecule has 1 heterocycles. The second-order valence-corrected chi connectivity index (χ2v) is 5.67. The molecule has 0 unspecified atom stereocenters. The standard InChI is InChI=1S/C17H12BrNO4/c1-22-14-8-4-12(5-9-14)17-15(18)10-16(23-17)11-2-6-13(7-3-11)19(20)21/h2-10H,1H3. The van der Waals surface area contributed by atoms with Crippen LogP contribution in [0.4, 0.5) is 5.69 Å². The summed E-state index contributed by atoms with van der Waals surface area (Å²) in [7, 11) is 1.62. The van der Waals surface area contributed by atoms with Crippen molar-refractivity contribution in [1.29, 1.82) is 0 Å². The molecule has 3 rings (SSSR count). The second-order valence-electron chi connectivity index (χ2n) is 4.82. The minimum atomic E-state index is -0.426. The first-order valence-electron chi connectivity index (χ1n) is 6.77. The lowest BCUT2D eigenvalue weighted by Gasteiger charge is -2.02. The third-order valence-corrected chi connectivity index (χ3v) is 3.99. The lowest BCUT2D eigenvalue weighted by Crippen LogP contribution is -1.86. The number of methoxy groups -OCH3 is 1. The van der Waals surface area contributed by atoms with Crippen molar-refractivity contribution in [2.45, 2.75) is 0 Å².